The highest BCUT2D eigenvalue weighted by Crippen LogP contribution is 2.15. The van der Waals surface area contributed by atoms with Gasteiger partial charge in [-0.3, -0.25) is 9.91 Å². The zero-order chi connectivity index (χ0) is 17.4. The number of carbonyl (C=O) groups excluding carboxylic acids is 1. The van der Waals surface area contributed by atoms with E-state index in [2.05, 4.69) is 44.2 Å². The molecule has 5 heteroatoms. The molecule has 0 radical (unpaired) electrons. The summed E-state index contributed by atoms with van der Waals surface area (Å²) in [6.45, 7) is 9.14. The second-order valence-electron chi connectivity index (χ2n) is 5.52. The number of quaternary nitrogens is 1. The number of hydrogen-bond donors (Lipinski definition) is 1. The number of hydrogen-bond acceptors (Lipinski definition) is 4. The van der Waals surface area contributed by atoms with Gasteiger partial charge in [-0.05, 0) is 27.7 Å². The van der Waals surface area contributed by atoms with E-state index in [1.54, 1.807) is 11.9 Å². The molecule has 0 aromatic heterocycles. The number of likely N-dealkylation sites (N-methyl/N-ethyl adjacent to an activating group) is 2. The van der Waals surface area contributed by atoms with Crippen LogP contribution >= 0.6 is 0 Å². The maximum Gasteiger partial charge on any atom is 0.351 e. The van der Waals surface area contributed by atoms with Crippen LogP contribution in [0.25, 0.3) is 0 Å². The molecule has 1 atom stereocenters. The predicted octanol–water partition coefficient (Wildman–Crippen LogP) is 1.83. The molecule has 0 aliphatic heterocycles. The zero-order valence-electron chi connectivity index (χ0n) is 15.0. The summed E-state index contributed by atoms with van der Waals surface area (Å²) >= 11 is 0. The van der Waals surface area contributed by atoms with Crippen molar-refractivity contribution in [2.45, 2.75) is 27.7 Å². The minimum atomic E-state index is -0.426. The molecule has 0 bridgehead atoms. The molecule has 1 aromatic rings. The highest BCUT2D eigenvalue weighted by atomic mass is 16.5. The van der Waals surface area contributed by atoms with Crippen LogP contribution < -0.4 is 4.90 Å². The van der Waals surface area contributed by atoms with Crippen LogP contribution in [0.3, 0.4) is 0 Å². The van der Waals surface area contributed by atoms with Gasteiger partial charge in [0.05, 0.1) is 19.4 Å². The first-order valence-corrected chi connectivity index (χ1v) is 7.89. The molecule has 1 unspecified atom stereocenters. The molecule has 0 aliphatic carbocycles. The lowest BCUT2D eigenvalue weighted by atomic mass is 10.1. The van der Waals surface area contributed by atoms with E-state index in [0.717, 1.165) is 12.2 Å². The maximum atomic E-state index is 11.4. The van der Waals surface area contributed by atoms with Crippen LogP contribution in [0.5, 0.6) is 0 Å². The van der Waals surface area contributed by atoms with Crippen molar-refractivity contribution < 1.29 is 14.4 Å². The summed E-state index contributed by atoms with van der Waals surface area (Å²) in [4.78, 5) is 12.7. The summed E-state index contributed by atoms with van der Waals surface area (Å²) in [5.41, 5.74) is 4.88. The van der Waals surface area contributed by atoms with E-state index in [9.17, 15) is 4.79 Å². The van der Waals surface area contributed by atoms with Crippen LogP contribution in [0.1, 0.15) is 25.0 Å². The molecule has 0 saturated heterocycles. The summed E-state index contributed by atoms with van der Waals surface area (Å²) in [6, 6.07) is 6.33. The van der Waals surface area contributed by atoms with Crippen molar-refractivity contribution in [1.29, 1.82) is 0 Å². The minimum absolute atomic E-state index is 0.352. The first-order valence-electron chi connectivity index (χ1n) is 7.89. The number of nitrogens with zero attached hydrogens (tertiary/aromatic N) is 2. The third kappa shape index (κ3) is 5.53. The highest BCUT2D eigenvalue weighted by molar-refractivity contribution is 6.23. The Morgan fingerprint density at radius 2 is 1.96 bits per heavy atom. The Kier molecular flexibility index (Phi) is 7.48. The molecule has 1 rings (SSSR count). The number of allylic oxidation sites excluding steroid dienone is 1. The molecule has 1 N–H and O–H groups in total. The van der Waals surface area contributed by atoms with Gasteiger partial charge in [0, 0.05) is 18.2 Å². The molecule has 0 saturated carbocycles. The molecule has 0 aliphatic rings. The summed E-state index contributed by atoms with van der Waals surface area (Å²) in [6.07, 6.45) is 3.22. The SMILES string of the molecule is C/C=C(/C[NH+](C)c1c(C)cccc1C)N(C)/N=C\C(=O)OCC. The van der Waals surface area contributed by atoms with E-state index in [1.165, 1.54) is 27.9 Å². The van der Waals surface area contributed by atoms with Gasteiger partial charge in [-0.15, -0.1) is 0 Å². The van der Waals surface area contributed by atoms with E-state index in [-0.39, 0.29) is 0 Å². The number of hydrazone groups is 1. The van der Waals surface area contributed by atoms with E-state index in [0.29, 0.717) is 6.61 Å². The van der Waals surface area contributed by atoms with Crippen LogP contribution in [0.2, 0.25) is 0 Å². The third-order valence-electron chi connectivity index (χ3n) is 3.73. The first kappa shape index (κ1) is 18.9. The van der Waals surface area contributed by atoms with Gasteiger partial charge in [0.1, 0.15) is 18.4 Å². The quantitative estimate of drug-likeness (QED) is 0.474. The van der Waals surface area contributed by atoms with Gasteiger partial charge in [-0.2, -0.15) is 5.10 Å². The molecule has 0 heterocycles. The van der Waals surface area contributed by atoms with E-state index < -0.39 is 5.97 Å². The van der Waals surface area contributed by atoms with Gasteiger partial charge in [-0.25, -0.2) is 4.79 Å². The van der Waals surface area contributed by atoms with E-state index in [4.69, 9.17) is 4.74 Å². The Labute approximate surface area is 139 Å². The average molecular weight is 318 g/mol. The van der Waals surface area contributed by atoms with Crippen LogP contribution in [-0.4, -0.2) is 44.4 Å². The molecule has 0 spiro atoms. The monoisotopic (exact) mass is 318 g/mol. The lowest BCUT2D eigenvalue weighted by molar-refractivity contribution is -0.806. The second kappa shape index (κ2) is 9.10. The topological polar surface area (TPSA) is 46.3 Å². The zero-order valence-corrected chi connectivity index (χ0v) is 15.0. The summed E-state index contributed by atoms with van der Waals surface area (Å²) < 4.78 is 4.85. The highest BCUT2D eigenvalue weighted by Gasteiger charge is 2.16. The maximum absolute atomic E-state index is 11.4. The molecular formula is C18H28N3O2+. The van der Waals surface area contributed by atoms with Gasteiger partial charge in [-0.1, -0.05) is 24.3 Å². The molecule has 1 aromatic carbocycles. The smallest absolute Gasteiger partial charge is 0.351 e. The van der Waals surface area contributed by atoms with Crippen molar-refractivity contribution in [3.63, 3.8) is 0 Å². The molecule has 23 heavy (non-hydrogen) atoms. The van der Waals surface area contributed by atoms with Crippen LogP contribution in [0, 0.1) is 13.8 Å². The largest absolute Gasteiger partial charge is 0.462 e. The lowest BCUT2D eigenvalue weighted by Gasteiger charge is -2.22. The number of rotatable bonds is 7. The fourth-order valence-corrected chi connectivity index (χ4v) is 2.64. The van der Waals surface area contributed by atoms with Gasteiger partial charge in [0.25, 0.3) is 0 Å². The molecule has 0 amide bonds. The van der Waals surface area contributed by atoms with Crippen molar-refractivity contribution in [1.82, 2.24) is 5.01 Å². The van der Waals surface area contributed by atoms with Crippen LogP contribution in [-0.2, 0) is 9.53 Å². The fraction of sp³-hybridized carbons (Fsp3) is 0.444. The number of para-hydroxylation sites is 1. The standard InChI is InChI=1S/C18H27N3O2/c1-7-16(21(6)19-12-17(22)23-8-2)13-20(5)18-14(3)10-9-11-15(18)4/h7,9-12H,8,13H2,1-6H3/p+1/b16-7-,19-12-. The Morgan fingerprint density at radius 1 is 1.35 bits per heavy atom. The first-order chi connectivity index (χ1) is 10.9. The number of benzene rings is 1. The second-order valence-corrected chi connectivity index (χ2v) is 5.52. The molecule has 126 valence electrons. The van der Waals surface area contributed by atoms with Crippen molar-refractivity contribution in [3.05, 3.63) is 41.1 Å². The van der Waals surface area contributed by atoms with Crippen molar-refractivity contribution in [2.24, 2.45) is 5.10 Å². The molecular weight excluding hydrogens is 290 g/mol. The van der Waals surface area contributed by atoms with Crippen molar-refractivity contribution in [2.75, 3.05) is 27.2 Å². The molecule has 5 nitrogen and oxygen atoms in total. The Balaban J connectivity index is 2.82. The number of ether oxygens (including phenoxy) is 1. The summed E-state index contributed by atoms with van der Waals surface area (Å²) in [7, 11) is 3.98. The van der Waals surface area contributed by atoms with Crippen LogP contribution in [0.4, 0.5) is 5.69 Å². The average Bonchev–Trinajstić information content (AvgIpc) is 2.50. The van der Waals surface area contributed by atoms with Gasteiger partial charge >= 0.3 is 5.97 Å². The predicted molar refractivity (Wildman–Crippen MR) is 94.0 cm³/mol. The Bertz CT molecular complexity index is 574. The Morgan fingerprint density at radius 3 is 2.48 bits per heavy atom. The lowest BCUT2D eigenvalue weighted by Crippen LogP contribution is -3.04. The number of aryl methyl sites for hydroxylation is 2. The van der Waals surface area contributed by atoms with E-state index >= 15 is 0 Å². The van der Waals surface area contributed by atoms with Gasteiger partial charge in [0.15, 0.2) is 0 Å². The number of esters is 1. The van der Waals surface area contributed by atoms with Crippen molar-refractivity contribution >= 4 is 17.9 Å². The summed E-state index contributed by atoms with van der Waals surface area (Å²) in [5, 5.41) is 5.87. The number of nitrogens with one attached hydrogen (secondary N) is 1. The van der Waals surface area contributed by atoms with E-state index in [1.807, 2.05) is 20.0 Å². The minimum Gasteiger partial charge on any atom is -0.462 e. The normalized spacial score (nSPS) is 13.2. The van der Waals surface area contributed by atoms with Crippen LogP contribution in [0.15, 0.2) is 35.1 Å². The molecule has 0 fully saturated rings. The van der Waals surface area contributed by atoms with Gasteiger partial charge in [0.2, 0.25) is 0 Å². The Hall–Kier alpha value is -2.14. The number of carbonyl (C=O) groups is 1. The third-order valence-corrected chi connectivity index (χ3v) is 3.73. The summed E-state index contributed by atoms with van der Waals surface area (Å²) in [5.74, 6) is -0.426. The van der Waals surface area contributed by atoms with Crippen molar-refractivity contribution in [3.8, 4) is 0 Å². The fourth-order valence-electron chi connectivity index (χ4n) is 2.64. The van der Waals surface area contributed by atoms with Gasteiger partial charge < -0.3 is 4.74 Å².